The van der Waals surface area contributed by atoms with Gasteiger partial charge in [0.1, 0.15) is 0 Å². The molecular formula is C14H25F3N4O2. The second-order valence-corrected chi connectivity index (χ2v) is 5.39. The van der Waals surface area contributed by atoms with Crippen molar-refractivity contribution in [2.24, 2.45) is 4.99 Å². The number of rotatable bonds is 7. The molecule has 0 aliphatic carbocycles. The lowest BCUT2D eigenvalue weighted by atomic mass is 10.3. The van der Waals surface area contributed by atoms with Crippen LogP contribution in [-0.2, 0) is 9.53 Å². The molecule has 1 unspecified atom stereocenters. The third kappa shape index (κ3) is 8.63. The Morgan fingerprint density at radius 2 is 2.17 bits per heavy atom. The van der Waals surface area contributed by atoms with Crippen LogP contribution in [0.25, 0.3) is 0 Å². The van der Waals surface area contributed by atoms with Crippen molar-refractivity contribution >= 4 is 11.9 Å². The lowest BCUT2D eigenvalue weighted by molar-refractivity contribution is -0.144. The van der Waals surface area contributed by atoms with Crippen LogP contribution in [-0.4, -0.2) is 68.9 Å². The molecule has 1 atom stereocenters. The fourth-order valence-corrected chi connectivity index (χ4v) is 2.41. The Morgan fingerprint density at radius 1 is 1.43 bits per heavy atom. The van der Waals surface area contributed by atoms with Gasteiger partial charge in [0, 0.05) is 39.1 Å². The van der Waals surface area contributed by atoms with E-state index in [1.165, 1.54) is 4.90 Å². The number of hydrogen-bond acceptors (Lipinski definition) is 4. The Kier molecular flexibility index (Phi) is 8.15. The number of alkyl halides is 3. The molecule has 0 saturated carbocycles. The van der Waals surface area contributed by atoms with Crippen LogP contribution in [0.1, 0.15) is 26.2 Å². The summed E-state index contributed by atoms with van der Waals surface area (Å²) in [5.74, 6) is 0.295. The van der Waals surface area contributed by atoms with Crippen molar-refractivity contribution in [1.29, 1.82) is 0 Å². The highest BCUT2D eigenvalue weighted by molar-refractivity contribution is 5.80. The molecule has 6 nitrogen and oxygen atoms in total. The summed E-state index contributed by atoms with van der Waals surface area (Å²) in [7, 11) is 1.60. The van der Waals surface area contributed by atoms with Crippen LogP contribution in [0.4, 0.5) is 13.2 Å². The van der Waals surface area contributed by atoms with Crippen molar-refractivity contribution in [2.75, 3.05) is 39.8 Å². The molecule has 1 saturated heterocycles. The fourth-order valence-electron chi connectivity index (χ4n) is 2.41. The number of carbonyl (C=O) groups excluding carboxylic acids is 1. The van der Waals surface area contributed by atoms with Gasteiger partial charge >= 0.3 is 12.1 Å². The van der Waals surface area contributed by atoms with Crippen LogP contribution in [0.3, 0.4) is 0 Å². The summed E-state index contributed by atoms with van der Waals surface area (Å²) in [4.78, 5) is 16.6. The van der Waals surface area contributed by atoms with E-state index >= 15 is 0 Å². The maximum atomic E-state index is 12.4. The average molecular weight is 338 g/mol. The average Bonchev–Trinajstić information content (AvgIpc) is 2.87. The van der Waals surface area contributed by atoms with Crippen molar-refractivity contribution in [3.63, 3.8) is 0 Å². The largest absolute Gasteiger partial charge is 0.466 e. The van der Waals surface area contributed by atoms with Crippen LogP contribution >= 0.6 is 0 Å². The molecule has 1 fully saturated rings. The number of ether oxygens (including phenoxy) is 1. The lowest BCUT2D eigenvalue weighted by Gasteiger charge is -2.19. The van der Waals surface area contributed by atoms with Crippen LogP contribution in [0.2, 0.25) is 0 Å². The zero-order valence-corrected chi connectivity index (χ0v) is 13.6. The quantitative estimate of drug-likeness (QED) is 0.315. The Bertz CT molecular complexity index is 402. The molecule has 1 heterocycles. The van der Waals surface area contributed by atoms with Gasteiger partial charge < -0.3 is 15.4 Å². The summed E-state index contributed by atoms with van der Waals surface area (Å²) in [6.07, 6.45) is -2.60. The highest BCUT2D eigenvalue weighted by atomic mass is 19.4. The zero-order chi connectivity index (χ0) is 17.3. The van der Waals surface area contributed by atoms with Crippen LogP contribution in [0.15, 0.2) is 4.99 Å². The van der Waals surface area contributed by atoms with Gasteiger partial charge in [0.15, 0.2) is 5.96 Å². The number of esters is 1. The van der Waals surface area contributed by atoms with E-state index in [9.17, 15) is 18.0 Å². The third-order valence-electron chi connectivity index (χ3n) is 3.40. The summed E-state index contributed by atoms with van der Waals surface area (Å²) in [6.45, 7) is 2.53. The molecule has 1 aliphatic heterocycles. The first-order chi connectivity index (χ1) is 10.8. The van der Waals surface area contributed by atoms with Gasteiger partial charge in [-0.05, 0) is 19.8 Å². The van der Waals surface area contributed by atoms with Crippen LogP contribution < -0.4 is 10.6 Å². The standard InChI is InChI=1S/C14H25F3N4O2/c1-3-23-12(22)5-4-7-19-13(18-2)20-11-6-8-21(9-11)10-14(15,16)17/h11H,3-10H2,1-2H3,(H2,18,19,20). The number of hydrogen-bond donors (Lipinski definition) is 2. The molecule has 0 aromatic heterocycles. The minimum absolute atomic E-state index is 0.0615. The Hall–Kier alpha value is -1.51. The third-order valence-corrected chi connectivity index (χ3v) is 3.40. The number of guanidine groups is 1. The van der Waals surface area contributed by atoms with Gasteiger partial charge in [-0.25, -0.2) is 0 Å². The number of likely N-dealkylation sites (tertiary alicyclic amines) is 1. The molecule has 0 aromatic rings. The summed E-state index contributed by atoms with van der Waals surface area (Å²) in [5.41, 5.74) is 0. The maximum absolute atomic E-state index is 12.4. The Labute approximate surface area is 134 Å². The molecule has 0 radical (unpaired) electrons. The normalized spacial score (nSPS) is 19.7. The minimum atomic E-state index is -4.16. The summed E-state index contributed by atoms with van der Waals surface area (Å²) in [5, 5.41) is 6.16. The number of aliphatic imine (C=N–C) groups is 1. The van der Waals surface area contributed by atoms with E-state index < -0.39 is 12.7 Å². The first-order valence-electron chi connectivity index (χ1n) is 7.76. The second kappa shape index (κ2) is 9.59. The molecule has 0 aromatic carbocycles. The van der Waals surface area contributed by atoms with E-state index in [-0.39, 0.29) is 12.0 Å². The molecule has 23 heavy (non-hydrogen) atoms. The smallest absolute Gasteiger partial charge is 0.401 e. The van der Waals surface area contributed by atoms with Crippen molar-refractivity contribution in [1.82, 2.24) is 15.5 Å². The summed E-state index contributed by atoms with van der Waals surface area (Å²) >= 11 is 0. The highest BCUT2D eigenvalue weighted by Crippen LogP contribution is 2.19. The Morgan fingerprint density at radius 3 is 2.78 bits per heavy atom. The molecular weight excluding hydrogens is 313 g/mol. The van der Waals surface area contributed by atoms with Crippen molar-refractivity contribution in [3.05, 3.63) is 0 Å². The van der Waals surface area contributed by atoms with E-state index in [2.05, 4.69) is 15.6 Å². The summed E-state index contributed by atoms with van der Waals surface area (Å²) in [6, 6.07) is -0.0615. The number of halogens is 3. The molecule has 2 N–H and O–H groups in total. The van der Waals surface area contributed by atoms with Gasteiger partial charge in [-0.2, -0.15) is 13.2 Å². The van der Waals surface area contributed by atoms with E-state index in [0.717, 1.165) is 0 Å². The molecule has 0 amide bonds. The molecule has 134 valence electrons. The van der Waals surface area contributed by atoms with Gasteiger partial charge in [0.2, 0.25) is 0 Å². The van der Waals surface area contributed by atoms with Gasteiger partial charge in [-0.1, -0.05) is 0 Å². The van der Waals surface area contributed by atoms with Gasteiger partial charge in [-0.3, -0.25) is 14.7 Å². The first-order valence-corrected chi connectivity index (χ1v) is 7.76. The number of carbonyl (C=O) groups is 1. The molecule has 0 spiro atoms. The Balaban J connectivity index is 2.23. The fraction of sp³-hybridized carbons (Fsp3) is 0.857. The lowest BCUT2D eigenvalue weighted by Crippen LogP contribution is -2.45. The van der Waals surface area contributed by atoms with Crippen LogP contribution in [0, 0.1) is 0 Å². The number of nitrogens with zero attached hydrogens (tertiary/aromatic N) is 2. The summed E-state index contributed by atoms with van der Waals surface area (Å²) < 4.78 is 41.9. The molecule has 1 aliphatic rings. The second-order valence-electron chi connectivity index (χ2n) is 5.39. The predicted octanol–water partition coefficient (Wildman–Crippen LogP) is 1.13. The molecule has 0 bridgehead atoms. The van der Waals surface area contributed by atoms with E-state index in [1.54, 1.807) is 14.0 Å². The SMILES string of the molecule is CCOC(=O)CCCNC(=NC)NC1CCN(CC(F)(F)F)C1. The number of nitrogens with one attached hydrogen (secondary N) is 2. The highest BCUT2D eigenvalue weighted by Gasteiger charge is 2.34. The van der Waals surface area contributed by atoms with E-state index in [4.69, 9.17) is 4.74 Å². The first kappa shape index (κ1) is 19.5. The minimum Gasteiger partial charge on any atom is -0.466 e. The van der Waals surface area contributed by atoms with Crippen molar-refractivity contribution < 1.29 is 22.7 Å². The van der Waals surface area contributed by atoms with Crippen molar-refractivity contribution in [3.8, 4) is 0 Å². The van der Waals surface area contributed by atoms with Gasteiger partial charge in [-0.15, -0.1) is 0 Å². The monoisotopic (exact) mass is 338 g/mol. The predicted molar refractivity (Wildman–Crippen MR) is 81.3 cm³/mol. The topological polar surface area (TPSA) is 66.0 Å². The zero-order valence-electron chi connectivity index (χ0n) is 13.6. The maximum Gasteiger partial charge on any atom is 0.401 e. The molecule has 1 rings (SSSR count). The van der Waals surface area contributed by atoms with Crippen LogP contribution in [0.5, 0.6) is 0 Å². The molecule has 9 heteroatoms. The van der Waals surface area contributed by atoms with E-state index in [0.29, 0.717) is 51.5 Å². The van der Waals surface area contributed by atoms with E-state index in [1.807, 2.05) is 0 Å². The van der Waals surface area contributed by atoms with Crippen molar-refractivity contribution in [2.45, 2.75) is 38.4 Å². The van der Waals surface area contributed by atoms with Gasteiger partial charge in [0.05, 0.1) is 13.2 Å². The van der Waals surface area contributed by atoms with Gasteiger partial charge in [0.25, 0.3) is 0 Å².